The van der Waals surface area contributed by atoms with Gasteiger partial charge in [-0.25, -0.2) is 26.5 Å². The van der Waals surface area contributed by atoms with E-state index in [1.807, 2.05) is 111 Å². The lowest BCUT2D eigenvalue weighted by Crippen LogP contribution is -2.58. The molecule has 4 fully saturated rings. The molecule has 616 valence electrons. The third kappa shape index (κ3) is 21.6. The van der Waals surface area contributed by atoms with Crippen molar-refractivity contribution >= 4 is 101 Å². The lowest BCUT2D eigenvalue weighted by Gasteiger charge is -2.47. The summed E-state index contributed by atoms with van der Waals surface area (Å²) in [7, 11) is -11.1. The maximum Gasteiger partial charge on any atom is 0.501 e. The number of sulfone groups is 1. The molecule has 0 spiro atoms. The number of morpholine rings is 1. The van der Waals surface area contributed by atoms with Crippen molar-refractivity contribution < 1.29 is 68.6 Å². The molecule has 0 saturated carbocycles. The van der Waals surface area contributed by atoms with E-state index in [1.54, 1.807) is 22.9 Å². The average Bonchev–Trinajstić information content (AvgIpc) is 1.00. The molecule has 1 aromatic heterocycles. The number of amides is 5. The molecule has 0 unspecified atom stereocenters. The van der Waals surface area contributed by atoms with Crippen molar-refractivity contribution in [2.24, 2.45) is 10.8 Å². The van der Waals surface area contributed by atoms with Crippen LogP contribution in [0.3, 0.4) is 0 Å². The third-order valence-corrected chi connectivity index (χ3v) is 28.0. The van der Waals surface area contributed by atoms with E-state index < -0.39 is 82.4 Å². The van der Waals surface area contributed by atoms with E-state index in [0.29, 0.717) is 120 Å². The quantitative estimate of drug-likeness (QED) is 0.0207. The van der Waals surface area contributed by atoms with Crippen LogP contribution in [0.4, 0.5) is 24.5 Å². The number of sulfonamides is 1. The molecule has 31 heteroatoms. The molecule has 0 bridgehead atoms. The van der Waals surface area contributed by atoms with Crippen molar-refractivity contribution in [2.45, 2.75) is 169 Å². The van der Waals surface area contributed by atoms with Gasteiger partial charge in [-0.1, -0.05) is 112 Å². The number of unbranched alkanes of at least 4 members (excludes halogenated alkanes) is 3. The Morgan fingerprint density at radius 2 is 1.51 bits per heavy atom. The molecule has 5 aromatic carbocycles. The normalized spacial score (nSPS) is 20.9. The van der Waals surface area contributed by atoms with Gasteiger partial charge in [-0.3, -0.25) is 38.7 Å². The lowest BCUT2D eigenvalue weighted by molar-refractivity contribution is -0.141. The Morgan fingerprint density at radius 1 is 0.807 bits per heavy atom. The molecular formula is C83H105ClF3N11O12S4. The zero-order valence-electron chi connectivity index (χ0n) is 65.5. The maximum absolute atomic E-state index is 14.5. The minimum atomic E-state index is -6.13. The van der Waals surface area contributed by atoms with Crippen LogP contribution in [-0.2, 0) is 43.8 Å². The largest absolute Gasteiger partial charge is 0.501 e. The van der Waals surface area contributed by atoms with E-state index in [-0.39, 0.29) is 66.6 Å². The number of allylic oxidation sites excluding steroid dienone is 1. The minimum absolute atomic E-state index is 0.0255. The number of hydrogen-bond donors (Lipinski definition) is 5. The number of likely N-dealkylation sites (tertiary alicyclic amines) is 1. The number of aliphatic hydroxyl groups is 1. The van der Waals surface area contributed by atoms with Crippen molar-refractivity contribution in [3.8, 4) is 16.2 Å². The number of nitrogens with one attached hydrogen (secondary N) is 4. The highest BCUT2D eigenvalue weighted by Crippen LogP contribution is 2.46. The van der Waals surface area contributed by atoms with Gasteiger partial charge in [-0.05, 0) is 146 Å². The summed E-state index contributed by atoms with van der Waals surface area (Å²) >= 11 is 9.41. The Labute approximate surface area is 680 Å². The van der Waals surface area contributed by atoms with E-state index in [2.05, 4.69) is 59.6 Å². The molecule has 5 amide bonds. The molecule has 6 aromatic rings. The number of thiazole rings is 1. The number of aliphatic hydroxyl groups excluding tert-OH is 1. The van der Waals surface area contributed by atoms with Crippen LogP contribution in [0.25, 0.3) is 16.0 Å². The molecule has 5 aliphatic heterocycles. The SMILES string of the molecule is Cc1ncsc1-c1ccc([C@H](C)C(=O)N[C@@H]2C[C@@H](O)CN2C(=O)[C@@H](NC(=O)CCCCCCC(=O)N2CCN(C[C@]3(C)CCC(c4ccc(Cl)cc4)=C(CN4CCN5c6ccc(C(=O)NS(=O)(=O)c7ccc(N[C@H](CCN8CCOCC8)CSc8ccccc8)c(S(=O)(=O)C(F)(F)F)c7)cc6OC[C@H]5C4)C3)CC2)C(C)(C)C)cc1. The fraction of sp³-hybridized carbons (Fsp3) is 0.518. The summed E-state index contributed by atoms with van der Waals surface area (Å²) in [6.07, 6.45) is 5.10. The van der Waals surface area contributed by atoms with Crippen LogP contribution >= 0.6 is 34.7 Å². The lowest BCUT2D eigenvalue weighted by atomic mass is 9.71. The molecule has 1 aliphatic carbocycles. The highest BCUT2D eigenvalue weighted by atomic mass is 35.5. The number of benzene rings is 5. The molecule has 4 saturated heterocycles. The first-order chi connectivity index (χ1) is 54.3. The fourth-order valence-electron chi connectivity index (χ4n) is 16.2. The summed E-state index contributed by atoms with van der Waals surface area (Å²) in [6, 6.07) is 30.6. The Hall–Kier alpha value is -7.65. The summed E-state index contributed by atoms with van der Waals surface area (Å²) < 4.78 is 112. The molecule has 114 heavy (non-hydrogen) atoms. The monoisotopic (exact) mass is 1670 g/mol. The number of ether oxygens (including phenoxy) is 2. The van der Waals surface area contributed by atoms with Crippen molar-refractivity contribution in [3.63, 3.8) is 0 Å². The van der Waals surface area contributed by atoms with Crippen LogP contribution in [0, 0.1) is 17.8 Å². The third-order valence-electron chi connectivity index (χ3n) is 22.7. The molecule has 6 aliphatic rings. The summed E-state index contributed by atoms with van der Waals surface area (Å²) in [6.45, 7) is 21.3. The van der Waals surface area contributed by atoms with Gasteiger partial charge in [0, 0.05) is 132 Å². The van der Waals surface area contributed by atoms with Gasteiger partial charge in [-0.15, -0.1) is 23.1 Å². The Balaban J connectivity index is 0.596. The predicted molar refractivity (Wildman–Crippen MR) is 438 cm³/mol. The second-order valence-electron chi connectivity index (χ2n) is 32.4. The Kier molecular flexibility index (Phi) is 28.1. The molecule has 7 atom stereocenters. The highest BCUT2D eigenvalue weighted by Gasteiger charge is 2.49. The van der Waals surface area contributed by atoms with Crippen molar-refractivity contribution in [1.82, 2.24) is 44.8 Å². The molecule has 0 radical (unpaired) electrons. The summed E-state index contributed by atoms with van der Waals surface area (Å²) in [5.41, 5.74) is 2.02. The molecule has 23 nitrogen and oxygen atoms in total. The number of halogens is 4. The van der Waals surface area contributed by atoms with Gasteiger partial charge >= 0.3 is 5.51 Å². The van der Waals surface area contributed by atoms with Gasteiger partial charge in [-0.2, -0.15) is 13.2 Å². The number of thioether (sulfide) groups is 1. The summed E-state index contributed by atoms with van der Waals surface area (Å²) in [5.74, 6) is -1.73. The first-order valence-electron chi connectivity index (χ1n) is 39.4. The van der Waals surface area contributed by atoms with E-state index in [9.17, 15) is 59.1 Å². The minimum Gasteiger partial charge on any atom is -0.489 e. The number of alkyl halides is 3. The van der Waals surface area contributed by atoms with Gasteiger partial charge < -0.3 is 45.2 Å². The highest BCUT2D eigenvalue weighted by molar-refractivity contribution is 7.99. The fourth-order valence-corrected chi connectivity index (χ4v) is 20.2. The molecule has 12 rings (SSSR count). The van der Waals surface area contributed by atoms with Crippen LogP contribution in [0.5, 0.6) is 5.75 Å². The van der Waals surface area contributed by atoms with Gasteiger partial charge in [0.05, 0.1) is 63.6 Å². The number of piperazine rings is 2. The number of β-amino-alcohol motifs (C(OH)–C–C–N with tert-alkyl or cyclic N) is 1. The standard InChI is InChI=1S/C83H105ClF3N11O12S4/c1-55(57-18-20-59(21-19-57)76-56(2)88-54-112-76)78(102)90-73-45-65(99)50-98(73)80(104)77(81(3,4)5)91-74(100)16-12-7-8-13-17-75(101)96-37-34-94(35-38-96)53-82(6)32-30-68(58-22-25-62(84)26-23-58)61(47-82)48-95-36-39-97-64(49-95)51-110-71-44-60(24-29-70(71)97)79(103)92-114(107,108)67-27-28-69(72(46-67)113(105,106)83(85,86)87)89-63(31-33-93-40-42-109-43-41-93)52-111-66-14-10-9-11-15-66/h9-11,14-15,18-29,44,46,54-55,63-65,73,77,89,99H,7-8,12-13,16-17,30-43,45,47-53H2,1-6H3,(H,90,102)(H,91,100)(H,92,103)/t55-,63+,64+,65+,73-,77+,82+/m0/s1. The second kappa shape index (κ2) is 37.3. The summed E-state index contributed by atoms with van der Waals surface area (Å²) in [5, 5.41) is 20.5. The van der Waals surface area contributed by atoms with Crippen LogP contribution in [0.1, 0.15) is 138 Å². The maximum atomic E-state index is 14.5. The van der Waals surface area contributed by atoms with E-state index >= 15 is 0 Å². The smallest absolute Gasteiger partial charge is 0.489 e. The number of anilines is 2. The molecule has 6 heterocycles. The number of fused-ring (bicyclic) bond motifs is 3. The van der Waals surface area contributed by atoms with Crippen LogP contribution in [0.2, 0.25) is 5.02 Å². The van der Waals surface area contributed by atoms with Crippen LogP contribution in [0.15, 0.2) is 141 Å². The molecule has 5 N–H and O–H groups in total. The van der Waals surface area contributed by atoms with Crippen LogP contribution < -0.4 is 30.3 Å². The first kappa shape index (κ1) is 85.7. The van der Waals surface area contributed by atoms with Crippen molar-refractivity contribution in [2.75, 3.05) is 121 Å². The van der Waals surface area contributed by atoms with Gasteiger partial charge in [0.15, 0.2) is 0 Å². The second-order valence-corrected chi connectivity index (χ2v) is 38.3. The number of rotatable bonds is 30. The van der Waals surface area contributed by atoms with Crippen molar-refractivity contribution in [3.05, 3.63) is 154 Å². The number of hydrogen-bond acceptors (Lipinski definition) is 20. The van der Waals surface area contributed by atoms with Gasteiger partial charge in [0.1, 0.15) is 29.5 Å². The zero-order valence-corrected chi connectivity index (χ0v) is 69.5. The number of nitrogens with zero attached hydrogens (tertiary/aromatic N) is 7. The predicted octanol–water partition coefficient (Wildman–Crippen LogP) is 11.9. The van der Waals surface area contributed by atoms with E-state index in [0.717, 1.165) is 103 Å². The number of carbonyl (C=O) groups is 5. The van der Waals surface area contributed by atoms with Gasteiger partial charge in [0.2, 0.25) is 23.6 Å². The van der Waals surface area contributed by atoms with Crippen LogP contribution in [-0.4, -0.2) is 228 Å². The topological polar surface area (TPSA) is 273 Å². The summed E-state index contributed by atoms with van der Waals surface area (Å²) in [4.78, 5) is 85.9. The van der Waals surface area contributed by atoms with Crippen molar-refractivity contribution in [1.29, 1.82) is 0 Å². The zero-order chi connectivity index (χ0) is 81.3. The van der Waals surface area contributed by atoms with E-state index in [4.69, 9.17) is 21.1 Å². The number of carbonyl (C=O) groups excluding carboxylic acids is 5. The Bertz CT molecular complexity index is 4660. The van der Waals surface area contributed by atoms with E-state index in [1.165, 1.54) is 39.9 Å². The Morgan fingerprint density at radius 3 is 2.20 bits per heavy atom. The van der Waals surface area contributed by atoms with Gasteiger partial charge in [0.25, 0.3) is 25.8 Å². The first-order valence-corrected chi connectivity index (χ1v) is 44.6. The average molecular weight is 1670 g/mol. The number of aromatic nitrogens is 1. The molecular weight excluding hydrogens is 1560 g/mol. The number of aryl methyl sites for hydroxylation is 1.